The maximum absolute atomic E-state index is 12.1. The summed E-state index contributed by atoms with van der Waals surface area (Å²) in [6, 6.07) is 14.5. The van der Waals surface area contributed by atoms with Crippen LogP contribution < -0.4 is 10.6 Å². The summed E-state index contributed by atoms with van der Waals surface area (Å²) in [7, 11) is 0. The molecule has 0 radical (unpaired) electrons. The van der Waals surface area contributed by atoms with Crippen molar-refractivity contribution in [2.75, 3.05) is 11.9 Å². The van der Waals surface area contributed by atoms with Crippen LogP contribution in [-0.2, 0) is 17.6 Å². The predicted octanol–water partition coefficient (Wildman–Crippen LogP) is 2.03. The minimum atomic E-state index is -0.194. The largest absolute Gasteiger partial charge is 0.352 e. The normalized spacial score (nSPS) is 12.2. The van der Waals surface area contributed by atoms with E-state index in [1.807, 2.05) is 24.3 Å². The third-order valence-corrected chi connectivity index (χ3v) is 3.75. The number of nitrogens with one attached hydrogen (secondary N) is 2. The van der Waals surface area contributed by atoms with Crippen LogP contribution in [-0.4, -0.2) is 18.4 Å². The minimum Gasteiger partial charge on any atom is -0.352 e. The Labute approximate surface area is 133 Å². The molecule has 0 saturated carbocycles. The molecule has 0 aliphatic carbocycles. The summed E-state index contributed by atoms with van der Waals surface area (Å²) < 4.78 is 0. The molecule has 1 aliphatic rings. The van der Waals surface area contributed by atoms with Crippen molar-refractivity contribution in [2.24, 2.45) is 0 Å². The number of carbonyl (C=O) groups excluding carboxylic acids is 2. The molecule has 1 heterocycles. The SMILES string of the molecule is N#Cc1cccc(C(=O)NCCc2ccc3c(c2)CC(=O)N3)c1. The van der Waals surface area contributed by atoms with Gasteiger partial charge in [0.05, 0.1) is 18.1 Å². The number of nitriles is 1. The standard InChI is InChI=1S/C18H15N3O2/c19-11-13-2-1-3-14(9-13)18(23)20-7-6-12-4-5-16-15(8-12)10-17(22)21-16/h1-5,8-9H,6-7,10H2,(H,20,23)(H,21,22). The Balaban J connectivity index is 1.57. The van der Waals surface area contributed by atoms with Gasteiger partial charge in [-0.05, 0) is 41.8 Å². The number of hydrogen-bond acceptors (Lipinski definition) is 3. The number of rotatable bonds is 4. The van der Waals surface area contributed by atoms with Gasteiger partial charge in [-0.3, -0.25) is 9.59 Å². The number of fused-ring (bicyclic) bond motifs is 1. The maximum Gasteiger partial charge on any atom is 0.251 e. The molecule has 0 fully saturated rings. The molecule has 2 aromatic carbocycles. The van der Waals surface area contributed by atoms with Gasteiger partial charge in [0.25, 0.3) is 5.91 Å². The Hall–Kier alpha value is -3.13. The van der Waals surface area contributed by atoms with Crippen LogP contribution in [0.15, 0.2) is 42.5 Å². The van der Waals surface area contributed by atoms with Crippen LogP contribution in [0.2, 0.25) is 0 Å². The summed E-state index contributed by atoms with van der Waals surface area (Å²) in [5, 5.41) is 14.5. The lowest BCUT2D eigenvalue weighted by atomic mass is 10.1. The van der Waals surface area contributed by atoms with Gasteiger partial charge in [0.2, 0.25) is 5.91 Å². The highest BCUT2D eigenvalue weighted by Gasteiger charge is 2.17. The fourth-order valence-electron chi connectivity index (χ4n) is 2.59. The van der Waals surface area contributed by atoms with Gasteiger partial charge in [-0.2, -0.15) is 5.26 Å². The molecule has 1 aliphatic heterocycles. The first kappa shape index (κ1) is 14.8. The molecule has 0 bridgehead atoms. The monoisotopic (exact) mass is 305 g/mol. The van der Waals surface area contributed by atoms with Crippen molar-refractivity contribution in [3.8, 4) is 6.07 Å². The average molecular weight is 305 g/mol. The Morgan fingerprint density at radius 3 is 2.96 bits per heavy atom. The molecule has 2 aromatic rings. The van der Waals surface area contributed by atoms with Gasteiger partial charge in [-0.25, -0.2) is 0 Å². The lowest BCUT2D eigenvalue weighted by Gasteiger charge is -2.07. The van der Waals surface area contributed by atoms with Gasteiger partial charge >= 0.3 is 0 Å². The fourth-order valence-corrected chi connectivity index (χ4v) is 2.59. The molecule has 0 unspecified atom stereocenters. The summed E-state index contributed by atoms with van der Waals surface area (Å²) in [6.07, 6.45) is 1.10. The molecular weight excluding hydrogens is 290 g/mol. The van der Waals surface area contributed by atoms with Gasteiger partial charge in [-0.15, -0.1) is 0 Å². The molecule has 2 N–H and O–H groups in total. The zero-order valence-corrected chi connectivity index (χ0v) is 12.4. The van der Waals surface area contributed by atoms with Crippen LogP contribution in [0, 0.1) is 11.3 Å². The Kier molecular flexibility index (Phi) is 4.07. The minimum absolute atomic E-state index is 0.0165. The summed E-state index contributed by atoms with van der Waals surface area (Å²) in [5.41, 5.74) is 3.89. The van der Waals surface area contributed by atoms with Crippen molar-refractivity contribution in [2.45, 2.75) is 12.8 Å². The van der Waals surface area contributed by atoms with Crippen LogP contribution in [0.3, 0.4) is 0 Å². The van der Waals surface area contributed by atoms with E-state index in [2.05, 4.69) is 10.6 Å². The highest BCUT2D eigenvalue weighted by atomic mass is 16.2. The number of carbonyl (C=O) groups is 2. The van der Waals surface area contributed by atoms with Crippen molar-refractivity contribution < 1.29 is 9.59 Å². The quantitative estimate of drug-likeness (QED) is 0.906. The maximum atomic E-state index is 12.1. The first-order valence-corrected chi connectivity index (χ1v) is 7.36. The molecular formula is C18H15N3O2. The zero-order valence-electron chi connectivity index (χ0n) is 12.4. The highest BCUT2D eigenvalue weighted by Crippen LogP contribution is 2.23. The van der Waals surface area contributed by atoms with Gasteiger partial charge < -0.3 is 10.6 Å². The molecule has 0 atom stereocenters. The van der Waals surface area contributed by atoms with Crippen LogP contribution in [0.1, 0.15) is 27.0 Å². The lowest BCUT2D eigenvalue weighted by molar-refractivity contribution is -0.115. The average Bonchev–Trinajstić information content (AvgIpc) is 2.94. The van der Waals surface area contributed by atoms with Gasteiger partial charge in [0.15, 0.2) is 0 Å². The molecule has 0 saturated heterocycles. The third-order valence-electron chi connectivity index (χ3n) is 3.75. The van der Waals surface area contributed by atoms with E-state index in [9.17, 15) is 9.59 Å². The van der Waals surface area contributed by atoms with Crippen LogP contribution in [0.25, 0.3) is 0 Å². The number of hydrogen-bond donors (Lipinski definition) is 2. The first-order chi connectivity index (χ1) is 11.2. The number of benzene rings is 2. The van der Waals surface area contributed by atoms with E-state index in [0.717, 1.165) is 16.8 Å². The van der Waals surface area contributed by atoms with E-state index in [4.69, 9.17) is 5.26 Å². The van der Waals surface area contributed by atoms with E-state index in [-0.39, 0.29) is 11.8 Å². The Morgan fingerprint density at radius 2 is 2.13 bits per heavy atom. The van der Waals surface area contributed by atoms with Gasteiger partial charge in [-0.1, -0.05) is 18.2 Å². The number of amides is 2. The molecule has 0 aromatic heterocycles. The van der Waals surface area contributed by atoms with Crippen LogP contribution >= 0.6 is 0 Å². The smallest absolute Gasteiger partial charge is 0.251 e. The van der Waals surface area contributed by atoms with Crippen molar-refractivity contribution >= 4 is 17.5 Å². The van der Waals surface area contributed by atoms with Gasteiger partial charge in [0, 0.05) is 17.8 Å². The summed E-state index contributed by atoms with van der Waals surface area (Å²) >= 11 is 0. The van der Waals surface area contributed by atoms with E-state index < -0.39 is 0 Å². The lowest BCUT2D eigenvalue weighted by Crippen LogP contribution is -2.25. The van der Waals surface area contributed by atoms with E-state index in [0.29, 0.717) is 30.5 Å². The third kappa shape index (κ3) is 3.38. The second-order valence-electron chi connectivity index (χ2n) is 5.41. The highest BCUT2D eigenvalue weighted by molar-refractivity contribution is 5.99. The molecule has 5 heteroatoms. The van der Waals surface area contributed by atoms with Crippen molar-refractivity contribution in [1.29, 1.82) is 5.26 Å². The second kappa shape index (κ2) is 6.32. The molecule has 2 amide bonds. The van der Waals surface area contributed by atoms with Gasteiger partial charge in [0.1, 0.15) is 0 Å². The number of anilines is 1. The fraction of sp³-hybridized carbons (Fsp3) is 0.167. The van der Waals surface area contributed by atoms with Crippen LogP contribution in [0.5, 0.6) is 0 Å². The van der Waals surface area contributed by atoms with Crippen LogP contribution in [0.4, 0.5) is 5.69 Å². The predicted molar refractivity (Wildman–Crippen MR) is 86.0 cm³/mol. The Bertz CT molecular complexity index is 821. The molecule has 23 heavy (non-hydrogen) atoms. The summed E-state index contributed by atoms with van der Waals surface area (Å²) in [4.78, 5) is 23.4. The summed E-state index contributed by atoms with van der Waals surface area (Å²) in [5.74, 6) is -0.178. The first-order valence-electron chi connectivity index (χ1n) is 7.36. The number of nitrogens with zero attached hydrogens (tertiary/aromatic N) is 1. The summed E-state index contributed by atoms with van der Waals surface area (Å²) in [6.45, 7) is 0.496. The molecule has 0 spiro atoms. The van der Waals surface area contributed by atoms with Crippen molar-refractivity contribution in [3.05, 3.63) is 64.7 Å². The molecule has 5 nitrogen and oxygen atoms in total. The molecule has 3 rings (SSSR count). The molecule has 114 valence electrons. The zero-order chi connectivity index (χ0) is 16.2. The van der Waals surface area contributed by atoms with E-state index in [1.165, 1.54) is 0 Å². The topological polar surface area (TPSA) is 82.0 Å². The van der Waals surface area contributed by atoms with Crippen molar-refractivity contribution in [1.82, 2.24) is 5.32 Å². The van der Waals surface area contributed by atoms with E-state index in [1.54, 1.807) is 24.3 Å². The second-order valence-corrected chi connectivity index (χ2v) is 5.41. The van der Waals surface area contributed by atoms with Crippen molar-refractivity contribution in [3.63, 3.8) is 0 Å². The van der Waals surface area contributed by atoms with E-state index >= 15 is 0 Å². The Morgan fingerprint density at radius 1 is 1.26 bits per heavy atom.